The second-order valence-corrected chi connectivity index (χ2v) is 0.964. The largest absolute Gasteiger partial charge is 0.382 e. The second-order valence-electron chi connectivity index (χ2n) is 0.964. The highest BCUT2D eigenvalue weighted by Crippen LogP contribution is 1.60. The predicted octanol–water partition coefficient (Wildman–Crippen LogP) is -0.336. The summed E-state index contributed by atoms with van der Waals surface area (Å²) in [5, 5.41) is 3.57. The first-order valence-corrected chi connectivity index (χ1v) is 1.93. The third-order valence-electron chi connectivity index (χ3n) is 0.450. The van der Waals surface area contributed by atoms with E-state index in [4.69, 9.17) is 5.73 Å². The first kappa shape index (κ1) is 6.01. The lowest BCUT2D eigenvalue weighted by atomic mass is 10.6. The molecule has 0 aliphatic carbocycles. The van der Waals surface area contributed by atoms with Gasteiger partial charge in [0.15, 0.2) is 0 Å². The lowest BCUT2D eigenvalue weighted by Crippen LogP contribution is -2.11. The molecule has 0 heterocycles. The number of hydrogen-bond acceptors (Lipinski definition) is 2. The molecule has 0 unspecified atom stereocenters. The molecule has 0 radical (unpaired) electrons. The minimum absolute atomic E-state index is 0.405. The van der Waals surface area contributed by atoms with Crippen LogP contribution in [0.4, 0.5) is 0 Å². The molecule has 0 aromatic rings. The van der Waals surface area contributed by atoms with Crippen molar-refractivity contribution in [2.45, 2.75) is 0 Å². The summed E-state index contributed by atoms with van der Waals surface area (Å²) in [7, 11) is 1.68. The van der Waals surface area contributed by atoms with Crippen LogP contribution in [-0.2, 0) is 0 Å². The average Bonchev–Trinajstić information content (AvgIpc) is 1.68. The first-order valence-electron chi connectivity index (χ1n) is 1.93. The van der Waals surface area contributed by atoms with Gasteiger partial charge in [-0.25, -0.2) is 0 Å². The van der Waals surface area contributed by atoms with E-state index in [1.165, 1.54) is 6.08 Å². The summed E-state index contributed by atoms with van der Waals surface area (Å²) >= 11 is 0. The van der Waals surface area contributed by atoms with Gasteiger partial charge in [-0.3, -0.25) is 0 Å². The molecule has 0 fully saturated rings. The number of rotatable bonds is 2. The molecule has 0 amide bonds. The standard InChI is InChI=1S/C4H9N3/c1-3-4(5)7-6-2/h3,6H,1H2,2H3,(H2,5,7). The summed E-state index contributed by atoms with van der Waals surface area (Å²) in [5.74, 6) is 0.405. The van der Waals surface area contributed by atoms with Gasteiger partial charge in [0, 0.05) is 7.05 Å². The molecule has 0 aliphatic rings. The summed E-state index contributed by atoms with van der Waals surface area (Å²) in [5.41, 5.74) is 7.66. The van der Waals surface area contributed by atoms with Gasteiger partial charge in [0.2, 0.25) is 0 Å². The molecule has 40 valence electrons. The summed E-state index contributed by atoms with van der Waals surface area (Å²) in [4.78, 5) is 0. The van der Waals surface area contributed by atoms with Crippen LogP contribution in [0.1, 0.15) is 0 Å². The molecule has 0 aliphatic heterocycles. The van der Waals surface area contributed by atoms with Crippen molar-refractivity contribution < 1.29 is 0 Å². The molecule has 0 atom stereocenters. The van der Waals surface area contributed by atoms with Crippen molar-refractivity contribution in [2.75, 3.05) is 7.05 Å². The Morgan fingerprint density at radius 2 is 2.57 bits per heavy atom. The van der Waals surface area contributed by atoms with Gasteiger partial charge in [-0.1, -0.05) is 6.58 Å². The van der Waals surface area contributed by atoms with E-state index in [1.54, 1.807) is 7.05 Å². The molecule has 3 heteroatoms. The molecular formula is C4H9N3. The molecule has 0 rings (SSSR count). The van der Waals surface area contributed by atoms with Crippen LogP contribution in [0, 0.1) is 0 Å². The van der Waals surface area contributed by atoms with Crippen LogP contribution in [0.25, 0.3) is 0 Å². The Labute approximate surface area is 42.9 Å². The molecule has 0 aromatic carbocycles. The number of hydrogen-bond donors (Lipinski definition) is 2. The highest BCUT2D eigenvalue weighted by atomic mass is 15.3. The Hall–Kier alpha value is -0.990. The fourth-order valence-electron chi connectivity index (χ4n) is 0.175. The lowest BCUT2D eigenvalue weighted by Gasteiger charge is -1.86. The van der Waals surface area contributed by atoms with Crippen LogP contribution >= 0.6 is 0 Å². The van der Waals surface area contributed by atoms with Crippen LogP contribution in [-0.4, -0.2) is 12.9 Å². The molecule has 0 saturated heterocycles. The molecule has 7 heavy (non-hydrogen) atoms. The van der Waals surface area contributed by atoms with Gasteiger partial charge in [-0.2, -0.15) is 5.10 Å². The van der Waals surface area contributed by atoms with E-state index in [2.05, 4.69) is 17.1 Å². The summed E-state index contributed by atoms with van der Waals surface area (Å²) in [6, 6.07) is 0. The number of amidine groups is 1. The molecule has 0 aromatic heterocycles. The highest BCUT2D eigenvalue weighted by molar-refractivity contribution is 5.90. The first-order chi connectivity index (χ1) is 3.31. The normalized spacial score (nSPS) is 10.7. The molecule has 0 spiro atoms. The van der Waals surface area contributed by atoms with Crippen molar-refractivity contribution in [1.29, 1.82) is 0 Å². The minimum atomic E-state index is 0.405. The summed E-state index contributed by atoms with van der Waals surface area (Å²) < 4.78 is 0. The van der Waals surface area contributed by atoms with E-state index in [1.807, 2.05) is 0 Å². The Bertz CT molecular complexity index is 84.9. The van der Waals surface area contributed by atoms with Gasteiger partial charge in [0.1, 0.15) is 5.84 Å². The van der Waals surface area contributed by atoms with Crippen molar-refractivity contribution in [3.05, 3.63) is 12.7 Å². The zero-order valence-corrected chi connectivity index (χ0v) is 4.31. The van der Waals surface area contributed by atoms with Crippen molar-refractivity contribution >= 4 is 5.84 Å². The maximum Gasteiger partial charge on any atom is 0.142 e. The maximum absolute atomic E-state index is 5.15. The lowest BCUT2D eigenvalue weighted by molar-refractivity contribution is 0.899. The Morgan fingerprint density at radius 1 is 2.00 bits per heavy atom. The van der Waals surface area contributed by atoms with Crippen molar-refractivity contribution in [2.24, 2.45) is 10.8 Å². The molecule has 3 nitrogen and oxygen atoms in total. The Morgan fingerprint density at radius 3 is 2.71 bits per heavy atom. The number of nitrogens with two attached hydrogens (primary N) is 1. The minimum Gasteiger partial charge on any atom is -0.382 e. The van der Waals surface area contributed by atoms with Crippen LogP contribution in [0.3, 0.4) is 0 Å². The van der Waals surface area contributed by atoms with E-state index in [0.717, 1.165) is 0 Å². The van der Waals surface area contributed by atoms with Gasteiger partial charge in [0.25, 0.3) is 0 Å². The predicted molar refractivity (Wildman–Crippen MR) is 30.9 cm³/mol. The number of nitrogens with zero attached hydrogens (tertiary/aromatic N) is 1. The zero-order chi connectivity index (χ0) is 5.70. The highest BCUT2D eigenvalue weighted by Gasteiger charge is 1.72. The van der Waals surface area contributed by atoms with E-state index in [9.17, 15) is 0 Å². The van der Waals surface area contributed by atoms with Gasteiger partial charge >= 0.3 is 0 Å². The van der Waals surface area contributed by atoms with Crippen LogP contribution in [0.2, 0.25) is 0 Å². The van der Waals surface area contributed by atoms with Gasteiger partial charge in [-0.05, 0) is 6.08 Å². The Kier molecular flexibility index (Phi) is 2.76. The summed E-state index contributed by atoms with van der Waals surface area (Å²) in [6.07, 6.45) is 1.47. The molecule has 0 saturated carbocycles. The van der Waals surface area contributed by atoms with Crippen molar-refractivity contribution in [1.82, 2.24) is 5.43 Å². The van der Waals surface area contributed by atoms with E-state index < -0.39 is 0 Å². The smallest absolute Gasteiger partial charge is 0.142 e. The third-order valence-corrected chi connectivity index (χ3v) is 0.450. The second kappa shape index (κ2) is 3.21. The van der Waals surface area contributed by atoms with Crippen LogP contribution < -0.4 is 11.2 Å². The van der Waals surface area contributed by atoms with Gasteiger partial charge in [0.05, 0.1) is 0 Å². The van der Waals surface area contributed by atoms with E-state index in [-0.39, 0.29) is 0 Å². The topological polar surface area (TPSA) is 50.4 Å². The number of hydrazone groups is 1. The van der Waals surface area contributed by atoms with Crippen molar-refractivity contribution in [3.63, 3.8) is 0 Å². The van der Waals surface area contributed by atoms with Crippen molar-refractivity contribution in [3.8, 4) is 0 Å². The fraction of sp³-hybridized carbons (Fsp3) is 0.250. The van der Waals surface area contributed by atoms with E-state index >= 15 is 0 Å². The average molecular weight is 99.1 g/mol. The zero-order valence-electron chi connectivity index (χ0n) is 4.31. The monoisotopic (exact) mass is 99.1 g/mol. The van der Waals surface area contributed by atoms with Gasteiger partial charge in [-0.15, -0.1) is 0 Å². The Balaban J connectivity index is 3.49. The fourth-order valence-corrected chi connectivity index (χ4v) is 0.175. The summed E-state index contributed by atoms with van der Waals surface area (Å²) in [6.45, 7) is 3.38. The number of nitrogens with one attached hydrogen (secondary N) is 1. The molecule has 3 N–H and O–H groups in total. The molecular weight excluding hydrogens is 90.1 g/mol. The third kappa shape index (κ3) is 2.82. The molecule has 0 bridgehead atoms. The van der Waals surface area contributed by atoms with E-state index in [0.29, 0.717) is 5.84 Å². The SMILES string of the molecule is C=C/C(N)=N/NC. The quantitative estimate of drug-likeness (QED) is 0.283. The van der Waals surface area contributed by atoms with Crippen LogP contribution in [0.15, 0.2) is 17.8 Å². The van der Waals surface area contributed by atoms with Crippen LogP contribution in [0.5, 0.6) is 0 Å². The maximum atomic E-state index is 5.15. The van der Waals surface area contributed by atoms with Gasteiger partial charge < -0.3 is 11.2 Å².